The Morgan fingerprint density at radius 1 is 1.00 bits per heavy atom. The van der Waals surface area contributed by atoms with Crippen LogP contribution in [0, 0.1) is 0 Å². The first-order valence-corrected chi connectivity index (χ1v) is 10.1. The lowest BCUT2D eigenvalue weighted by Gasteiger charge is -2.18. The molecule has 1 aliphatic rings. The van der Waals surface area contributed by atoms with Crippen molar-refractivity contribution in [2.75, 3.05) is 13.2 Å². The summed E-state index contributed by atoms with van der Waals surface area (Å²) in [6, 6.07) is 14.3. The highest BCUT2D eigenvalue weighted by Gasteiger charge is 2.29. The molecule has 0 spiro atoms. The number of hydrogen-bond donors (Lipinski definition) is 4. The zero-order valence-corrected chi connectivity index (χ0v) is 17.2. The minimum atomic E-state index is -1.22. The number of carboxylic acid groups (broad SMARTS) is 1. The van der Waals surface area contributed by atoms with Crippen LogP contribution in [0.1, 0.15) is 36.8 Å². The van der Waals surface area contributed by atoms with Crippen LogP contribution in [-0.2, 0) is 14.3 Å². The molecular formula is C23H26N2O6. The largest absolute Gasteiger partial charge is 0.480 e. The summed E-state index contributed by atoms with van der Waals surface area (Å²) in [5, 5.41) is 22.8. The van der Waals surface area contributed by atoms with Crippen molar-refractivity contribution in [3.8, 4) is 11.1 Å². The number of ether oxygens (including phenoxy) is 1. The van der Waals surface area contributed by atoms with Crippen LogP contribution in [0.3, 0.4) is 0 Å². The van der Waals surface area contributed by atoms with Gasteiger partial charge in [0.25, 0.3) is 0 Å². The molecule has 2 aromatic carbocycles. The number of hydrogen-bond acceptors (Lipinski definition) is 5. The van der Waals surface area contributed by atoms with E-state index in [0.29, 0.717) is 0 Å². The molecule has 1 aliphatic carbocycles. The lowest BCUT2D eigenvalue weighted by atomic mass is 9.98. The normalized spacial score (nSPS) is 14.1. The molecule has 0 radical (unpaired) electrons. The van der Waals surface area contributed by atoms with E-state index in [1.165, 1.54) is 0 Å². The van der Waals surface area contributed by atoms with Crippen LogP contribution in [-0.4, -0.2) is 53.5 Å². The molecular weight excluding hydrogens is 400 g/mol. The van der Waals surface area contributed by atoms with Gasteiger partial charge in [0.15, 0.2) is 0 Å². The maximum Gasteiger partial charge on any atom is 0.407 e. The molecule has 0 aliphatic heterocycles. The van der Waals surface area contributed by atoms with Gasteiger partial charge in [0.05, 0.1) is 0 Å². The van der Waals surface area contributed by atoms with Crippen molar-refractivity contribution in [3.63, 3.8) is 0 Å². The number of amides is 2. The number of aliphatic carboxylic acids is 1. The number of nitrogens with one attached hydrogen (secondary N) is 2. The SMILES string of the molecule is C[C@@H](CC(=O)N[C@@H](CCO)C(=O)O)NC(=O)OCC1c2ccccc2-c2ccccc21. The van der Waals surface area contributed by atoms with Gasteiger partial charge in [0.2, 0.25) is 5.91 Å². The fourth-order valence-electron chi connectivity index (χ4n) is 3.81. The topological polar surface area (TPSA) is 125 Å². The van der Waals surface area contributed by atoms with Crippen molar-refractivity contribution >= 4 is 18.0 Å². The first-order valence-electron chi connectivity index (χ1n) is 10.1. The Morgan fingerprint density at radius 2 is 1.58 bits per heavy atom. The van der Waals surface area contributed by atoms with Crippen molar-refractivity contribution in [2.45, 2.75) is 37.8 Å². The zero-order valence-electron chi connectivity index (χ0n) is 17.2. The van der Waals surface area contributed by atoms with E-state index < -0.39 is 30.1 Å². The highest BCUT2D eigenvalue weighted by Crippen LogP contribution is 2.44. The number of alkyl carbamates (subject to hydrolysis) is 1. The number of fused-ring (bicyclic) bond motifs is 3. The number of aliphatic hydroxyl groups excluding tert-OH is 1. The molecule has 0 unspecified atom stereocenters. The van der Waals surface area contributed by atoms with Crippen molar-refractivity contribution in [3.05, 3.63) is 59.7 Å². The first-order chi connectivity index (χ1) is 14.9. The highest BCUT2D eigenvalue weighted by molar-refractivity contribution is 5.84. The monoisotopic (exact) mass is 426 g/mol. The first kappa shape index (κ1) is 22.3. The van der Waals surface area contributed by atoms with Crippen LogP contribution in [0.15, 0.2) is 48.5 Å². The number of carbonyl (C=O) groups excluding carboxylic acids is 2. The second-order valence-corrected chi connectivity index (χ2v) is 7.55. The Bertz CT molecular complexity index is 915. The van der Waals surface area contributed by atoms with Crippen molar-refractivity contribution in [1.29, 1.82) is 0 Å². The van der Waals surface area contributed by atoms with Gasteiger partial charge in [-0.25, -0.2) is 9.59 Å². The van der Waals surface area contributed by atoms with Gasteiger partial charge in [-0.15, -0.1) is 0 Å². The van der Waals surface area contributed by atoms with Gasteiger partial charge in [-0.3, -0.25) is 4.79 Å². The molecule has 0 saturated heterocycles. The maximum atomic E-state index is 12.3. The maximum absolute atomic E-state index is 12.3. The summed E-state index contributed by atoms with van der Waals surface area (Å²) in [6.45, 7) is 1.43. The summed E-state index contributed by atoms with van der Waals surface area (Å²) < 4.78 is 5.44. The lowest BCUT2D eigenvalue weighted by Crippen LogP contribution is -2.44. The molecule has 8 heteroatoms. The second kappa shape index (κ2) is 10.1. The van der Waals surface area contributed by atoms with Crippen LogP contribution in [0.25, 0.3) is 11.1 Å². The van der Waals surface area contributed by atoms with E-state index in [4.69, 9.17) is 14.9 Å². The average Bonchev–Trinajstić information content (AvgIpc) is 3.05. The quantitative estimate of drug-likeness (QED) is 0.487. The molecule has 0 heterocycles. The third-order valence-corrected chi connectivity index (χ3v) is 5.25. The van der Waals surface area contributed by atoms with Gasteiger partial charge in [-0.2, -0.15) is 0 Å². The highest BCUT2D eigenvalue weighted by atomic mass is 16.5. The predicted octanol–water partition coefficient (Wildman–Crippen LogP) is 2.26. The van der Waals surface area contributed by atoms with E-state index in [1.807, 2.05) is 36.4 Å². The Kier molecular flexibility index (Phi) is 7.25. The zero-order chi connectivity index (χ0) is 22.4. The molecule has 0 aromatic heterocycles. The fraction of sp³-hybridized carbons (Fsp3) is 0.348. The van der Waals surface area contributed by atoms with E-state index in [0.717, 1.165) is 22.3 Å². The minimum absolute atomic E-state index is 0.0634. The summed E-state index contributed by atoms with van der Waals surface area (Å²) in [5.74, 6) is -1.82. The summed E-state index contributed by atoms with van der Waals surface area (Å²) >= 11 is 0. The molecule has 2 amide bonds. The Hall–Kier alpha value is -3.39. The number of carbonyl (C=O) groups is 3. The van der Waals surface area contributed by atoms with Crippen LogP contribution in [0.2, 0.25) is 0 Å². The van der Waals surface area contributed by atoms with Gasteiger partial charge >= 0.3 is 12.1 Å². The smallest absolute Gasteiger partial charge is 0.407 e. The van der Waals surface area contributed by atoms with E-state index in [9.17, 15) is 14.4 Å². The third kappa shape index (κ3) is 5.40. The van der Waals surface area contributed by atoms with Crippen molar-refractivity contribution < 1.29 is 29.3 Å². The molecule has 2 atom stereocenters. The van der Waals surface area contributed by atoms with E-state index in [2.05, 4.69) is 22.8 Å². The van der Waals surface area contributed by atoms with Crippen LogP contribution in [0.5, 0.6) is 0 Å². The van der Waals surface area contributed by atoms with Crippen LogP contribution in [0.4, 0.5) is 4.79 Å². The van der Waals surface area contributed by atoms with Crippen LogP contribution >= 0.6 is 0 Å². The van der Waals surface area contributed by atoms with Gasteiger partial charge in [0.1, 0.15) is 12.6 Å². The Balaban J connectivity index is 1.52. The van der Waals surface area contributed by atoms with Crippen molar-refractivity contribution in [1.82, 2.24) is 10.6 Å². The van der Waals surface area contributed by atoms with Gasteiger partial charge < -0.3 is 25.6 Å². The van der Waals surface area contributed by atoms with Gasteiger partial charge in [-0.1, -0.05) is 48.5 Å². The van der Waals surface area contributed by atoms with E-state index >= 15 is 0 Å². The summed E-state index contributed by atoms with van der Waals surface area (Å²) in [6.07, 6.45) is -0.846. The molecule has 0 saturated carbocycles. The van der Waals surface area contributed by atoms with Crippen molar-refractivity contribution in [2.24, 2.45) is 0 Å². The minimum Gasteiger partial charge on any atom is -0.480 e. The Morgan fingerprint density at radius 3 is 2.13 bits per heavy atom. The second-order valence-electron chi connectivity index (χ2n) is 7.55. The molecule has 4 N–H and O–H groups in total. The molecule has 31 heavy (non-hydrogen) atoms. The lowest BCUT2D eigenvalue weighted by molar-refractivity contribution is -0.142. The summed E-state index contributed by atoms with van der Waals surface area (Å²) in [5.41, 5.74) is 4.47. The predicted molar refractivity (Wildman–Crippen MR) is 114 cm³/mol. The fourth-order valence-corrected chi connectivity index (χ4v) is 3.81. The molecule has 3 rings (SSSR count). The average molecular weight is 426 g/mol. The molecule has 8 nitrogen and oxygen atoms in total. The standard InChI is InChI=1S/C23H26N2O6/c1-14(12-21(27)25-20(10-11-26)22(28)29)24-23(30)31-13-19-17-8-4-2-6-15(17)16-7-3-5-9-18(16)19/h2-9,14,19-20,26H,10-13H2,1H3,(H,24,30)(H,25,27)(H,28,29)/t14-,20-/m0/s1. The van der Waals surface area contributed by atoms with E-state index in [-0.39, 0.29) is 32.0 Å². The van der Waals surface area contributed by atoms with Crippen LogP contribution < -0.4 is 10.6 Å². The van der Waals surface area contributed by atoms with Gasteiger partial charge in [0, 0.05) is 31.4 Å². The third-order valence-electron chi connectivity index (χ3n) is 5.25. The molecule has 0 bridgehead atoms. The van der Waals surface area contributed by atoms with Gasteiger partial charge in [-0.05, 0) is 29.2 Å². The number of benzene rings is 2. The number of carboxylic acids is 1. The Labute approximate surface area is 180 Å². The summed E-state index contributed by atoms with van der Waals surface area (Å²) in [7, 11) is 0. The summed E-state index contributed by atoms with van der Waals surface area (Å²) in [4.78, 5) is 35.3. The molecule has 164 valence electrons. The van der Waals surface area contributed by atoms with E-state index in [1.54, 1.807) is 6.92 Å². The molecule has 2 aromatic rings. The molecule has 0 fully saturated rings. The number of rotatable bonds is 9. The number of aliphatic hydroxyl groups is 1.